The van der Waals surface area contributed by atoms with E-state index in [1.165, 1.54) is 54.5 Å². The summed E-state index contributed by atoms with van der Waals surface area (Å²) in [6.45, 7) is 0. The van der Waals surface area contributed by atoms with Crippen LogP contribution in [0.5, 0.6) is 0 Å². The van der Waals surface area contributed by atoms with Gasteiger partial charge in [0.05, 0.1) is 16.7 Å². The fourth-order valence-electron chi connectivity index (χ4n) is 8.72. The summed E-state index contributed by atoms with van der Waals surface area (Å²) in [6.07, 6.45) is 0. The molecule has 0 saturated heterocycles. The smallest absolute Gasteiger partial charge is 0.0561 e. The molecule has 0 amide bonds. The van der Waals surface area contributed by atoms with Crippen LogP contribution in [0, 0.1) is 0 Å². The van der Waals surface area contributed by atoms with E-state index in [1.807, 2.05) is 0 Å². The average molecular weight is 739 g/mol. The van der Waals surface area contributed by atoms with Gasteiger partial charge in [0, 0.05) is 33.4 Å². The highest BCUT2D eigenvalue weighted by Crippen LogP contribution is 2.45. The lowest BCUT2D eigenvalue weighted by Gasteiger charge is -2.29. The molecule has 0 radical (unpaired) electrons. The first-order chi connectivity index (χ1) is 28.7. The summed E-state index contributed by atoms with van der Waals surface area (Å²) >= 11 is 0. The molecule has 0 fully saturated rings. The number of para-hydroxylation sites is 3. The number of fused-ring (bicyclic) bond motifs is 5. The van der Waals surface area contributed by atoms with Crippen LogP contribution in [0.2, 0.25) is 0 Å². The topological polar surface area (TPSA) is 8.17 Å². The molecule has 1 aromatic heterocycles. The van der Waals surface area contributed by atoms with E-state index in [0.29, 0.717) is 0 Å². The Hall–Kier alpha value is -7.68. The summed E-state index contributed by atoms with van der Waals surface area (Å²) in [5.74, 6) is 0. The highest BCUT2D eigenvalue weighted by atomic mass is 15.1. The van der Waals surface area contributed by atoms with Crippen LogP contribution in [0.4, 0.5) is 17.1 Å². The molecule has 272 valence electrons. The second-order valence-electron chi connectivity index (χ2n) is 15.0. The molecule has 1 heterocycles. The predicted molar refractivity (Wildman–Crippen MR) is 247 cm³/mol. The molecule has 0 atom stereocenters. The summed E-state index contributed by atoms with van der Waals surface area (Å²) in [5.41, 5.74) is 13.8. The predicted octanol–water partition coefficient (Wildman–Crippen LogP) is 15.6. The van der Waals surface area contributed by atoms with Crippen molar-refractivity contribution >= 4 is 60.4 Å². The van der Waals surface area contributed by atoms with Gasteiger partial charge < -0.3 is 9.47 Å². The molecular formula is C56H38N2. The number of hydrogen-bond donors (Lipinski definition) is 0. The van der Waals surface area contributed by atoms with E-state index in [4.69, 9.17) is 0 Å². The van der Waals surface area contributed by atoms with E-state index >= 15 is 0 Å². The zero-order chi connectivity index (χ0) is 38.4. The Labute approximate surface area is 338 Å². The maximum atomic E-state index is 2.46. The van der Waals surface area contributed by atoms with Gasteiger partial charge in [-0.3, -0.25) is 0 Å². The Morgan fingerprint density at radius 3 is 1.53 bits per heavy atom. The Bertz CT molecular complexity index is 3190. The number of anilines is 3. The van der Waals surface area contributed by atoms with Gasteiger partial charge in [-0.1, -0.05) is 164 Å². The van der Waals surface area contributed by atoms with Crippen molar-refractivity contribution in [2.45, 2.75) is 0 Å². The lowest BCUT2D eigenvalue weighted by molar-refractivity contribution is 1.18. The maximum absolute atomic E-state index is 2.46. The maximum Gasteiger partial charge on any atom is 0.0561 e. The van der Waals surface area contributed by atoms with E-state index < -0.39 is 0 Å². The first-order valence-corrected chi connectivity index (χ1v) is 19.9. The largest absolute Gasteiger partial charge is 0.310 e. The Morgan fingerprint density at radius 2 is 0.845 bits per heavy atom. The third kappa shape index (κ3) is 5.91. The van der Waals surface area contributed by atoms with Gasteiger partial charge in [0.25, 0.3) is 0 Å². The molecule has 10 aromatic carbocycles. The molecule has 0 aliphatic rings. The van der Waals surface area contributed by atoms with Crippen LogP contribution >= 0.6 is 0 Å². The van der Waals surface area contributed by atoms with Gasteiger partial charge in [0.15, 0.2) is 0 Å². The number of hydrogen-bond acceptors (Lipinski definition) is 1. The minimum atomic E-state index is 1.08. The zero-order valence-corrected chi connectivity index (χ0v) is 31.8. The van der Waals surface area contributed by atoms with Crippen molar-refractivity contribution < 1.29 is 0 Å². The van der Waals surface area contributed by atoms with Gasteiger partial charge in [-0.05, 0) is 116 Å². The third-order valence-electron chi connectivity index (χ3n) is 11.5. The van der Waals surface area contributed by atoms with Crippen molar-refractivity contribution in [3.05, 3.63) is 231 Å². The van der Waals surface area contributed by atoms with Crippen LogP contribution in [-0.2, 0) is 0 Å². The average Bonchev–Trinajstić information content (AvgIpc) is 3.63. The van der Waals surface area contributed by atoms with Gasteiger partial charge in [-0.15, -0.1) is 0 Å². The van der Waals surface area contributed by atoms with Crippen LogP contribution < -0.4 is 4.90 Å². The fraction of sp³-hybridized carbons (Fsp3) is 0. The van der Waals surface area contributed by atoms with Crippen molar-refractivity contribution in [1.82, 2.24) is 4.57 Å². The second kappa shape index (κ2) is 14.1. The summed E-state index contributed by atoms with van der Waals surface area (Å²) in [7, 11) is 0. The number of benzene rings is 10. The summed E-state index contributed by atoms with van der Waals surface area (Å²) in [6, 6.07) is 84.0. The molecule has 0 aliphatic heterocycles. The number of nitrogens with zero attached hydrogens (tertiary/aromatic N) is 2. The Balaban J connectivity index is 1.21. The molecular weight excluding hydrogens is 701 g/mol. The first-order valence-electron chi connectivity index (χ1n) is 19.9. The lowest BCUT2D eigenvalue weighted by Crippen LogP contribution is -2.12. The summed E-state index contributed by atoms with van der Waals surface area (Å²) < 4.78 is 2.40. The molecule has 0 N–H and O–H groups in total. The van der Waals surface area contributed by atoms with Crippen molar-refractivity contribution in [3.8, 4) is 39.1 Å². The number of rotatable bonds is 7. The van der Waals surface area contributed by atoms with E-state index in [0.717, 1.165) is 45.0 Å². The van der Waals surface area contributed by atoms with Gasteiger partial charge in [0.2, 0.25) is 0 Å². The second-order valence-corrected chi connectivity index (χ2v) is 15.0. The fourth-order valence-corrected chi connectivity index (χ4v) is 8.72. The molecule has 2 heteroatoms. The minimum Gasteiger partial charge on any atom is -0.310 e. The monoisotopic (exact) mass is 738 g/mol. The normalized spacial score (nSPS) is 11.4. The van der Waals surface area contributed by atoms with Crippen molar-refractivity contribution in [1.29, 1.82) is 0 Å². The third-order valence-corrected chi connectivity index (χ3v) is 11.5. The quantitative estimate of drug-likeness (QED) is 0.158. The molecule has 11 aromatic rings. The highest BCUT2D eigenvalue weighted by molar-refractivity contribution is 6.10. The van der Waals surface area contributed by atoms with Crippen molar-refractivity contribution in [2.24, 2.45) is 0 Å². The summed E-state index contributed by atoms with van der Waals surface area (Å²) in [4.78, 5) is 2.46. The van der Waals surface area contributed by atoms with Gasteiger partial charge >= 0.3 is 0 Å². The van der Waals surface area contributed by atoms with Crippen LogP contribution in [-0.4, -0.2) is 4.57 Å². The van der Waals surface area contributed by atoms with Gasteiger partial charge in [-0.25, -0.2) is 0 Å². The van der Waals surface area contributed by atoms with Crippen molar-refractivity contribution in [3.63, 3.8) is 0 Å². The standard InChI is InChI=1S/C56H38N2/c1-3-17-41(18-4-1)51-23-11-13-25-54(51)57(49-31-32-53-52-24-12-14-26-55(52)58(56(53)38-49)48-21-5-2-6-22-48)50-36-46(44-29-27-39-15-7-9-19-42(39)33-44)35-47(37-50)45-30-28-40-16-8-10-20-43(40)34-45/h1-38H. The highest BCUT2D eigenvalue weighted by Gasteiger charge is 2.21. The van der Waals surface area contributed by atoms with Crippen LogP contribution in [0.3, 0.4) is 0 Å². The summed E-state index contributed by atoms with van der Waals surface area (Å²) in [5, 5.41) is 7.38. The van der Waals surface area contributed by atoms with Crippen LogP contribution in [0.25, 0.3) is 82.4 Å². The molecule has 0 aliphatic carbocycles. The van der Waals surface area contributed by atoms with Crippen LogP contribution in [0.15, 0.2) is 231 Å². The Kier molecular flexibility index (Phi) is 8.19. The molecule has 11 rings (SSSR count). The molecule has 0 saturated carbocycles. The van der Waals surface area contributed by atoms with Crippen molar-refractivity contribution in [2.75, 3.05) is 4.90 Å². The zero-order valence-electron chi connectivity index (χ0n) is 31.8. The molecule has 0 spiro atoms. The lowest BCUT2D eigenvalue weighted by atomic mass is 9.94. The minimum absolute atomic E-state index is 1.08. The Morgan fingerprint density at radius 1 is 0.293 bits per heavy atom. The van der Waals surface area contributed by atoms with E-state index in [2.05, 4.69) is 240 Å². The molecule has 58 heavy (non-hydrogen) atoms. The number of aromatic nitrogens is 1. The van der Waals surface area contributed by atoms with Crippen LogP contribution in [0.1, 0.15) is 0 Å². The van der Waals surface area contributed by atoms with E-state index in [9.17, 15) is 0 Å². The molecule has 0 bridgehead atoms. The first kappa shape index (κ1) is 33.6. The molecule has 2 nitrogen and oxygen atoms in total. The van der Waals surface area contributed by atoms with Gasteiger partial charge in [0.1, 0.15) is 0 Å². The molecule has 0 unspecified atom stereocenters. The van der Waals surface area contributed by atoms with E-state index in [-0.39, 0.29) is 0 Å². The van der Waals surface area contributed by atoms with E-state index in [1.54, 1.807) is 0 Å². The SMILES string of the molecule is c1ccc(-c2ccccc2N(c2cc(-c3ccc4ccccc4c3)cc(-c3ccc4ccccc4c3)c2)c2ccc3c4ccccc4n(-c4ccccc4)c3c2)cc1. The van der Waals surface area contributed by atoms with Gasteiger partial charge in [-0.2, -0.15) is 0 Å².